The van der Waals surface area contributed by atoms with Gasteiger partial charge in [0, 0.05) is 31.9 Å². The Morgan fingerprint density at radius 1 is 1.28 bits per heavy atom. The third-order valence-corrected chi connectivity index (χ3v) is 4.36. The first-order chi connectivity index (χ1) is 8.60. The van der Waals surface area contributed by atoms with Gasteiger partial charge in [-0.2, -0.15) is 9.40 Å². The number of likely N-dealkylation sites (N-methyl/N-ethyl adjacent to an activating group) is 1. The summed E-state index contributed by atoms with van der Waals surface area (Å²) >= 11 is 0. The van der Waals surface area contributed by atoms with Crippen LogP contribution < -0.4 is 0 Å². The van der Waals surface area contributed by atoms with Crippen molar-refractivity contribution in [1.82, 2.24) is 19.5 Å². The van der Waals surface area contributed by atoms with Gasteiger partial charge >= 0.3 is 0 Å². The average Bonchev–Trinajstić information content (AvgIpc) is 2.91. The van der Waals surface area contributed by atoms with Crippen LogP contribution in [-0.4, -0.2) is 41.5 Å². The van der Waals surface area contributed by atoms with E-state index in [-0.39, 0.29) is 5.03 Å². The van der Waals surface area contributed by atoms with Crippen molar-refractivity contribution in [2.75, 3.05) is 13.6 Å². The van der Waals surface area contributed by atoms with E-state index in [2.05, 4.69) is 15.2 Å². The highest BCUT2D eigenvalue weighted by Gasteiger charge is 2.21. The molecule has 0 amide bonds. The maximum Gasteiger partial charge on any atom is 0.259 e. The van der Waals surface area contributed by atoms with Gasteiger partial charge in [0.15, 0.2) is 5.03 Å². The van der Waals surface area contributed by atoms with Crippen LogP contribution in [-0.2, 0) is 16.4 Å². The second-order valence-corrected chi connectivity index (χ2v) is 5.83. The minimum Gasteiger partial charge on any atom is -0.266 e. The Bertz CT molecular complexity index is 581. The number of aromatic nitrogens is 3. The van der Waals surface area contributed by atoms with Gasteiger partial charge in [0.2, 0.25) is 0 Å². The molecule has 0 spiro atoms. The van der Waals surface area contributed by atoms with Crippen molar-refractivity contribution in [3.05, 3.63) is 42.4 Å². The van der Waals surface area contributed by atoms with E-state index in [1.165, 1.54) is 16.6 Å². The molecule has 7 heteroatoms. The van der Waals surface area contributed by atoms with Gasteiger partial charge in [-0.25, -0.2) is 8.42 Å². The summed E-state index contributed by atoms with van der Waals surface area (Å²) in [5, 5.41) is 6.21. The van der Waals surface area contributed by atoms with Crippen molar-refractivity contribution in [2.24, 2.45) is 0 Å². The molecule has 0 bridgehead atoms. The third kappa shape index (κ3) is 2.74. The van der Waals surface area contributed by atoms with Crippen molar-refractivity contribution in [3.8, 4) is 0 Å². The maximum absolute atomic E-state index is 12.0. The number of nitrogens with zero attached hydrogens (tertiary/aromatic N) is 3. The highest BCUT2D eigenvalue weighted by molar-refractivity contribution is 7.89. The smallest absolute Gasteiger partial charge is 0.259 e. The first kappa shape index (κ1) is 12.7. The zero-order valence-electron chi connectivity index (χ0n) is 9.94. The summed E-state index contributed by atoms with van der Waals surface area (Å²) in [6.07, 6.45) is 3.68. The largest absolute Gasteiger partial charge is 0.266 e. The predicted molar refractivity (Wildman–Crippen MR) is 66.3 cm³/mol. The quantitative estimate of drug-likeness (QED) is 0.862. The van der Waals surface area contributed by atoms with Gasteiger partial charge in [0.1, 0.15) is 0 Å². The molecule has 0 atom stereocenters. The number of pyridine rings is 1. The monoisotopic (exact) mass is 266 g/mol. The molecule has 2 heterocycles. The van der Waals surface area contributed by atoms with Crippen LogP contribution >= 0.6 is 0 Å². The lowest BCUT2D eigenvalue weighted by Crippen LogP contribution is -2.29. The predicted octanol–water partition coefficient (Wildman–Crippen LogP) is 0.668. The number of H-pyrrole nitrogens is 1. The lowest BCUT2D eigenvalue weighted by molar-refractivity contribution is 0.468. The first-order valence-electron chi connectivity index (χ1n) is 5.46. The fraction of sp³-hybridized carbons (Fsp3) is 0.273. The molecule has 2 aromatic rings. The second kappa shape index (κ2) is 5.28. The molecule has 0 saturated carbocycles. The molecule has 96 valence electrons. The second-order valence-electron chi connectivity index (χ2n) is 3.82. The molecular weight excluding hydrogens is 252 g/mol. The van der Waals surface area contributed by atoms with Crippen LogP contribution in [0.3, 0.4) is 0 Å². The van der Waals surface area contributed by atoms with E-state index >= 15 is 0 Å². The summed E-state index contributed by atoms with van der Waals surface area (Å²) < 4.78 is 25.4. The molecule has 2 rings (SSSR count). The molecule has 6 nitrogen and oxygen atoms in total. The van der Waals surface area contributed by atoms with E-state index in [4.69, 9.17) is 0 Å². The minimum atomic E-state index is -3.48. The molecule has 0 fully saturated rings. The Kier molecular flexibility index (Phi) is 3.73. The van der Waals surface area contributed by atoms with Crippen LogP contribution in [0.2, 0.25) is 0 Å². The number of hydrogen-bond acceptors (Lipinski definition) is 4. The van der Waals surface area contributed by atoms with Crippen molar-refractivity contribution in [2.45, 2.75) is 11.4 Å². The molecular formula is C11H14N4O2S. The Balaban J connectivity index is 2.03. The van der Waals surface area contributed by atoms with Crippen LogP contribution in [0.15, 0.2) is 41.7 Å². The molecule has 0 aliphatic rings. The van der Waals surface area contributed by atoms with E-state index in [0.717, 1.165) is 5.69 Å². The molecule has 0 unspecified atom stereocenters. The van der Waals surface area contributed by atoms with Crippen molar-refractivity contribution in [3.63, 3.8) is 0 Å². The maximum atomic E-state index is 12.0. The third-order valence-electron chi connectivity index (χ3n) is 2.57. The normalized spacial score (nSPS) is 11.9. The number of aromatic amines is 1. The zero-order chi connectivity index (χ0) is 13.0. The molecule has 18 heavy (non-hydrogen) atoms. The summed E-state index contributed by atoms with van der Waals surface area (Å²) in [6.45, 7) is 0.373. The Morgan fingerprint density at radius 3 is 2.72 bits per heavy atom. The lowest BCUT2D eigenvalue weighted by atomic mass is 10.3. The minimum absolute atomic E-state index is 0.103. The molecule has 0 radical (unpaired) electrons. The molecule has 1 N–H and O–H groups in total. The van der Waals surface area contributed by atoms with Gasteiger partial charge in [-0.15, -0.1) is 0 Å². The van der Waals surface area contributed by atoms with E-state index < -0.39 is 10.0 Å². The molecule has 0 aliphatic carbocycles. The van der Waals surface area contributed by atoms with E-state index in [0.29, 0.717) is 13.0 Å². The lowest BCUT2D eigenvalue weighted by Gasteiger charge is -2.15. The topological polar surface area (TPSA) is 79.0 Å². The fourth-order valence-corrected chi connectivity index (χ4v) is 2.56. The Morgan fingerprint density at radius 2 is 2.11 bits per heavy atom. The van der Waals surface area contributed by atoms with Crippen LogP contribution in [0.4, 0.5) is 0 Å². The average molecular weight is 266 g/mol. The number of sulfonamides is 1. The van der Waals surface area contributed by atoms with E-state index in [9.17, 15) is 8.42 Å². The SMILES string of the molecule is CN(CCc1ccccn1)S(=O)(=O)c1ccn[nH]1. The van der Waals surface area contributed by atoms with Crippen molar-refractivity contribution >= 4 is 10.0 Å². The van der Waals surface area contributed by atoms with Crippen molar-refractivity contribution < 1.29 is 8.42 Å². The summed E-state index contributed by atoms with van der Waals surface area (Å²) in [4.78, 5) is 4.15. The van der Waals surface area contributed by atoms with Gasteiger partial charge in [-0.05, 0) is 18.2 Å². The van der Waals surface area contributed by atoms with E-state index in [1.54, 1.807) is 13.2 Å². The molecule has 0 aromatic carbocycles. The van der Waals surface area contributed by atoms with Crippen LogP contribution in [0, 0.1) is 0 Å². The van der Waals surface area contributed by atoms with E-state index in [1.807, 2.05) is 18.2 Å². The Labute approximate surface area is 106 Å². The Hall–Kier alpha value is -1.73. The summed E-state index contributed by atoms with van der Waals surface area (Å²) in [6, 6.07) is 7.02. The molecule has 0 aliphatic heterocycles. The molecule has 2 aromatic heterocycles. The van der Waals surface area contributed by atoms with Gasteiger partial charge in [-0.1, -0.05) is 6.07 Å². The zero-order valence-corrected chi connectivity index (χ0v) is 10.8. The summed E-state index contributed by atoms with van der Waals surface area (Å²) in [5.41, 5.74) is 0.865. The summed E-state index contributed by atoms with van der Waals surface area (Å²) in [5.74, 6) is 0. The standard InChI is InChI=1S/C11H14N4O2S/c1-15(9-6-10-4-2-3-7-12-10)18(16,17)11-5-8-13-14-11/h2-5,7-8H,6,9H2,1H3,(H,13,14). The van der Waals surface area contributed by atoms with Crippen LogP contribution in [0.1, 0.15) is 5.69 Å². The number of rotatable bonds is 5. The van der Waals surface area contributed by atoms with Gasteiger partial charge in [0.25, 0.3) is 10.0 Å². The van der Waals surface area contributed by atoms with Crippen LogP contribution in [0.5, 0.6) is 0 Å². The van der Waals surface area contributed by atoms with Crippen LogP contribution in [0.25, 0.3) is 0 Å². The van der Waals surface area contributed by atoms with Gasteiger partial charge < -0.3 is 0 Å². The van der Waals surface area contributed by atoms with Gasteiger partial charge in [-0.3, -0.25) is 10.1 Å². The fourth-order valence-electron chi connectivity index (χ4n) is 1.49. The first-order valence-corrected chi connectivity index (χ1v) is 6.90. The van der Waals surface area contributed by atoms with Crippen molar-refractivity contribution in [1.29, 1.82) is 0 Å². The summed E-state index contributed by atoms with van der Waals surface area (Å²) in [7, 11) is -1.94. The van der Waals surface area contributed by atoms with Gasteiger partial charge in [0.05, 0.1) is 6.20 Å². The molecule has 0 saturated heterocycles. The number of nitrogens with one attached hydrogen (secondary N) is 1. The highest BCUT2D eigenvalue weighted by atomic mass is 32.2. The highest BCUT2D eigenvalue weighted by Crippen LogP contribution is 2.10. The number of hydrogen-bond donors (Lipinski definition) is 1.